The molecule has 2 aliphatic carbocycles. The summed E-state index contributed by atoms with van der Waals surface area (Å²) in [5.41, 5.74) is 6.32. The summed E-state index contributed by atoms with van der Waals surface area (Å²) in [6.45, 7) is 6.87. The smallest absolute Gasteiger partial charge is 0.223 e. The number of hydrogen-bond donors (Lipinski definition) is 2. The summed E-state index contributed by atoms with van der Waals surface area (Å²) in [4.78, 5) is 12.5. The summed E-state index contributed by atoms with van der Waals surface area (Å²) in [5.74, 6) is 1.36. The minimum Gasteiger partial charge on any atom is -0.349 e. The second kappa shape index (κ2) is 7.67. The fourth-order valence-electron chi connectivity index (χ4n) is 3.94. The summed E-state index contributed by atoms with van der Waals surface area (Å²) in [6, 6.07) is 0.310. The Hall–Kier alpha value is -0.720. The number of hydrogen-bond acceptors (Lipinski definition) is 5. The first-order valence-electron chi connectivity index (χ1n) is 8.70. The molecule has 3 N–H and O–H groups in total. The van der Waals surface area contributed by atoms with E-state index in [1.165, 1.54) is 19.3 Å². The minimum atomic E-state index is 0. The van der Waals surface area contributed by atoms with Gasteiger partial charge in [0.15, 0.2) is 0 Å². The fourth-order valence-corrected chi connectivity index (χ4v) is 4.78. The number of amides is 1. The quantitative estimate of drug-likeness (QED) is 0.854. The molecule has 5 nitrogen and oxygen atoms in total. The van der Waals surface area contributed by atoms with Gasteiger partial charge >= 0.3 is 0 Å². The van der Waals surface area contributed by atoms with Crippen LogP contribution in [0.1, 0.15) is 62.9 Å². The Morgan fingerprint density at radius 2 is 1.88 bits per heavy atom. The molecule has 3 rings (SSSR count). The molecule has 2 saturated carbocycles. The van der Waals surface area contributed by atoms with E-state index in [1.807, 2.05) is 0 Å². The highest BCUT2D eigenvalue weighted by molar-refractivity contribution is 7.11. The third-order valence-corrected chi connectivity index (χ3v) is 6.66. The third kappa shape index (κ3) is 4.27. The number of nitrogens with zero attached hydrogens (tertiary/aromatic N) is 2. The van der Waals surface area contributed by atoms with Crippen LogP contribution in [0.15, 0.2) is 0 Å². The van der Waals surface area contributed by atoms with Gasteiger partial charge in [-0.3, -0.25) is 4.79 Å². The lowest BCUT2D eigenvalue weighted by atomic mass is 9.65. The van der Waals surface area contributed by atoms with Crippen molar-refractivity contribution in [1.29, 1.82) is 0 Å². The van der Waals surface area contributed by atoms with E-state index >= 15 is 0 Å². The molecule has 0 radical (unpaired) electrons. The summed E-state index contributed by atoms with van der Waals surface area (Å²) >= 11 is 1.59. The molecule has 0 aliphatic heterocycles. The topological polar surface area (TPSA) is 80.9 Å². The number of aromatic nitrogens is 2. The summed E-state index contributed by atoms with van der Waals surface area (Å²) in [7, 11) is 0. The average molecular weight is 373 g/mol. The molecule has 136 valence electrons. The van der Waals surface area contributed by atoms with Crippen molar-refractivity contribution >= 4 is 29.7 Å². The van der Waals surface area contributed by atoms with Gasteiger partial charge in [0, 0.05) is 17.4 Å². The maximum atomic E-state index is 12.5. The van der Waals surface area contributed by atoms with Gasteiger partial charge in [-0.1, -0.05) is 38.5 Å². The Labute approximate surface area is 154 Å². The van der Waals surface area contributed by atoms with Gasteiger partial charge in [0.05, 0.1) is 6.54 Å². The standard InChI is InChI=1S/C17H28N4OS.ClH/c1-17(2,3)16-21-20-13(23-16)9-19-15(22)12-7-10-5-4-6-11(8-12)14(10)18;/h10-12,14H,4-9,18H2,1-3H3,(H,19,22);1H. The fraction of sp³-hybridized carbons (Fsp3) is 0.824. The molecule has 24 heavy (non-hydrogen) atoms. The van der Waals surface area contributed by atoms with Gasteiger partial charge < -0.3 is 11.1 Å². The van der Waals surface area contributed by atoms with E-state index in [9.17, 15) is 4.79 Å². The molecule has 1 amide bonds. The predicted octanol–water partition coefficient (Wildman–Crippen LogP) is 3.03. The summed E-state index contributed by atoms with van der Waals surface area (Å²) < 4.78 is 0. The van der Waals surface area contributed by atoms with Crippen LogP contribution in [0.4, 0.5) is 0 Å². The molecule has 2 aliphatic rings. The zero-order valence-corrected chi connectivity index (χ0v) is 16.4. The maximum Gasteiger partial charge on any atom is 0.223 e. The largest absolute Gasteiger partial charge is 0.349 e. The van der Waals surface area contributed by atoms with Crippen molar-refractivity contribution in [2.75, 3.05) is 0 Å². The van der Waals surface area contributed by atoms with E-state index in [0.29, 0.717) is 24.4 Å². The average Bonchev–Trinajstić information content (AvgIpc) is 2.93. The van der Waals surface area contributed by atoms with Crippen molar-refractivity contribution in [1.82, 2.24) is 15.5 Å². The van der Waals surface area contributed by atoms with Gasteiger partial charge in [-0.2, -0.15) is 0 Å². The summed E-state index contributed by atoms with van der Waals surface area (Å²) in [5, 5.41) is 13.4. The molecule has 7 heteroatoms. The molecule has 0 spiro atoms. The highest BCUT2D eigenvalue weighted by atomic mass is 35.5. The van der Waals surface area contributed by atoms with Gasteiger partial charge in [-0.15, -0.1) is 22.6 Å². The van der Waals surface area contributed by atoms with E-state index in [2.05, 4.69) is 36.3 Å². The monoisotopic (exact) mass is 372 g/mol. The van der Waals surface area contributed by atoms with E-state index < -0.39 is 0 Å². The van der Waals surface area contributed by atoms with E-state index in [4.69, 9.17) is 5.73 Å². The van der Waals surface area contributed by atoms with Crippen molar-refractivity contribution in [3.8, 4) is 0 Å². The molecule has 1 heterocycles. The first-order chi connectivity index (χ1) is 10.8. The van der Waals surface area contributed by atoms with Crippen LogP contribution in [0.5, 0.6) is 0 Å². The van der Waals surface area contributed by atoms with Crippen LogP contribution in [0.2, 0.25) is 0 Å². The van der Waals surface area contributed by atoms with E-state index in [1.54, 1.807) is 11.3 Å². The molecule has 2 atom stereocenters. The Balaban J connectivity index is 0.00000208. The molecule has 2 fully saturated rings. The number of rotatable bonds is 3. The van der Waals surface area contributed by atoms with Crippen LogP contribution in [-0.4, -0.2) is 22.1 Å². The Kier molecular flexibility index (Phi) is 6.26. The van der Waals surface area contributed by atoms with Crippen molar-refractivity contribution in [3.05, 3.63) is 10.0 Å². The van der Waals surface area contributed by atoms with E-state index in [0.717, 1.165) is 22.9 Å². The summed E-state index contributed by atoms with van der Waals surface area (Å²) in [6.07, 6.45) is 5.55. The molecular weight excluding hydrogens is 344 g/mol. The molecule has 1 aromatic rings. The second-order valence-electron chi connectivity index (χ2n) is 8.17. The molecule has 0 saturated heterocycles. The minimum absolute atomic E-state index is 0. The van der Waals surface area contributed by atoms with Crippen LogP contribution in [0.25, 0.3) is 0 Å². The van der Waals surface area contributed by atoms with Crippen molar-refractivity contribution in [3.63, 3.8) is 0 Å². The molecule has 0 aromatic carbocycles. The number of carbonyl (C=O) groups excluding carboxylic acids is 1. The first kappa shape index (κ1) is 19.6. The van der Waals surface area contributed by atoms with Crippen LogP contribution >= 0.6 is 23.7 Å². The van der Waals surface area contributed by atoms with Crippen molar-refractivity contribution in [2.24, 2.45) is 23.5 Å². The Morgan fingerprint density at radius 3 is 2.42 bits per heavy atom. The van der Waals surface area contributed by atoms with Crippen LogP contribution in [0, 0.1) is 17.8 Å². The zero-order valence-electron chi connectivity index (χ0n) is 14.7. The molecular formula is C17H29ClN4OS. The van der Waals surface area contributed by atoms with Crippen LogP contribution in [0.3, 0.4) is 0 Å². The lowest BCUT2D eigenvalue weighted by Gasteiger charge is -2.43. The maximum absolute atomic E-state index is 12.5. The van der Waals surface area contributed by atoms with Gasteiger partial charge in [-0.05, 0) is 37.5 Å². The van der Waals surface area contributed by atoms with Crippen molar-refractivity contribution in [2.45, 2.75) is 70.9 Å². The highest BCUT2D eigenvalue weighted by Crippen LogP contribution is 2.41. The first-order valence-corrected chi connectivity index (χ1v) is 9.52. The number of carbonyl (C=O) groups is 1. The zero-order chi connectivity index (χ0) is 16.6. The Bertz CT molecular complexity index is 557. The lowest BCUT2D eigenvalue weighted by molar-refractivity contribution is -0.128. The van der Waals surface area contributed by atoms with E-state index in [-0.39, 0.29) is 29.6 Å². The number of halogens is 1. The number of nitrogens with one attached hydrogen (secondary N) is 1. The van der Waals surface area contributed by atoms with Gasteiger partial charge in [0.25, 0.3) is 0 Å². The highest BCUT2D eigenvalue weighted by Gasteiger charge is 2.40. The molecule has 2 unspecified atom stereocenters. The van der Waals surface area contributed by atoms with Crippen LogP contribution < -0.4 is 11.1 Å². The van der Waals surface area contributed by atoms with Crippen LogP contribution in [-0.2, 0) is 16.8 Å². The predicted molar refractivity (Wildman–Crippen MR) is 99.2 cm³/mol. The second-order valence-corrected chi connectivity index (χ2v) is 9.23. The normalized spacial score (nSPS) is 29.7. The third-order valence-electron chi connectivity index (χ3n) is 5.31. The Morgan fingerprint density at radius 1 is 1.25 bits per heavy atom. The molecule has 2 bridgehead atoms. The molecule has 1 aromatic heterocycles. The SMILES string of the molecule is CC(C)(C)c1nnc(CNC(=O)C2CC3CCCC(C2)C3N)s1.Cl. The number of nitrogens with two attached hydrogens (primary N) is 1. The van der Waals surface area contributed by atoms with Gasteiger partial charge in [0.1, 0.15) is 10.0 Å². The van der Waals surface area contributed by atoms with Gasteiger partial charge in [-0.25, -0.2) is 0 Å². The number of fused-ring (bicyclic) bond motifs is 2. The van der Waals surface area contributed by atoms with Crippen molar-refractivity contribution < 1.29 is 4.79 Å². The van der Waals surface area contributed by atoms with Gasteiger partial charge in [0.2, 0.25) is 5.91 Å². The lowest BCUT2D eigenvalue weighted by Crippen LogP contribution is -2.49.